The molecule has 0 radical (unpaired) electrons. The van der Waals surface area contributed by atoms with Crippen molar-refractivity contribution < 1.29 is 0 Å². The fourth-order valence-electron chi connectivity index (χ4n) is 3.63. The van der Waals surface area contributed by atoms with E-state index >= 15 is 0 Å². The van der Waals surface area contributed by atoms with E-state index in [9.17, 15) is 0 Å². The fourth-order valence-corrected chi connectivity index (χ4v) is 3.63. The Morgan fingerprint density at radius 2 is 1.17 bits per heavy atom. The SMILES string of the molecule is Br.C=CC(N)C(CC)(CC)CCCCCCCCCCCCC. The number of nitrogens with two attached hydrogens (primary N) is 1. The van der Waals surface area contributed by atoms with Gasteiger partial charge in [-0.1, -0.05) is 97.5 Å². The predicted octanol–water partition coefficient (Wildman–Crippen LogP) is 7.59. The predicted molar refractivity (Wildman–Crippen MR) is 113 cm³/mol. The van der Waals surface area contributed by atoms with Gasteiger partial charge in [-0.25, -0.2) is 0 Å². The first-order valence-corrected chi connectivity index (χ1v) is 10.0. The Labute approximate surface area is 157 Å². The first-order chi connectivity index (χ1) is 10.7. The van der Waals surface area contributed by atoms with Crippen LogP contribution in [0.3, 0.4) is 0 Å². The van der Waals surface area contributed by atoms with Crippen molar-refractivity contribution >= 4 is 17.0 Å². The Morgan fingerprint density at radius 3 is 1.52 bits per heavy atom. The zero-order chi connectivity index (χ0) is 16.7. The molecule has 0 saturated carbocycles. The van der Waals surface area contributed by atoms with E-state index in [0.717, 1.165) is 0 Å². The highest BCUT2D eigenvalue weighted by atomic mass is 79.9. The zero-order valence-electron chi connectivity index (χ0n) is 16.2. The summed E-state index contributed by atoms with van der Waals surface area (Å²) < 4.78 is 0. The molecule has 0 bridgehead atoms. The highest BCUT2D eigenvalue weighted by Crippen LogP contribution is 2.36. The number of hydrogen-bond acceptors (Lipinski definition) is 1. The van der Waals surface area contributed by atoms with E-state index in [4.69, 9.17) is 5.73 Å². The second kappa shape index (κ2) is 17.0. The van der Waals surface area contributed by atoms with Gasteiger partial charge in [0.05, 0.1) is 0 Å². The topological polar surface area (TPSA) is 26.0 Å². The monoisotopic (exact) mass is 389 g/mol. The van der Waals surface area contributed by atoms with Crippen molar-refractivity contribution in [2.75, 3.05) is 0 Å². The molecule has 0 heterocycles. The Kier molecular flexibility index (Phi) is 18.8. The Hall–Kier alpha value is 0.180. The van der Waals surface area contributed by atoms with Crippen molar-refractivity contribution in [2.24, 2.45) is 11.1 Å². The molecule has 0 fully saturated rings. The average molecular weight is 390 g/mol. The van der Waals surface area contributed by atoms with Gasteiger partial charge in [0.15, 0.2) is 0 Å². The summed E-state index contributed by atoms with van der Waals surface area (Å²) in [6.45, 7) is 10.8. The van der Waals surface area contributed by atoms with Gasteiger partial charge in [0.25, 0.3) is 0 Å². The smallest absolute Gasteiger partial charge is 0.0278 e. The Morgan fingerprint density at radius 1 is 0.783 bits per heavy atom. The molecule has 2 N–H and O–H groups in total. The number of halogens is 1. The van der Waals surface area contributed by atoms with Gasteiger partial charge >= 0.3 is 0 Å². The Bertz CT molecular complexity index is 248. The van der Waals surface area contributed by atoms with Gasteiger partial charge in [-0.05, 0) is 24.7 Å². The molecule has 0 spiro atoms. The molecule has 0 aliphatic carbocycles. The third-order valence-electron chi connectivity index (χ3n) is 5.65. The number of hydrogen-bond donors (Lipinski definition) is 1. The minimum Gasteiger partial charge on any atom is -0.324 e. The van der Waals surface area contributed by atoms with Crippen LogP contribution >= 0.6 is 17.0 Å². The van der Waals surface area contributed by atoms with Crippen molar-refractivity contribution in [3.05, 3.63) is 12.7 Å². The molecule has 0 aromatic carbocycles. The van der Waals surface area contributed by atoms with Crippen LogP contribution in [-0.2, 0) is 0 Å². The molecular formula is C21H44BrN. The summed E-state index contributed by atoms with van der Waals surface area (Å²) in [5, 5.41) is 0. The first-order valence-electron chi connectivity index (χ1n) is 10.0. The molecule has 0 aliphatic heterocycles. The third-order valence-corrected chi connectivity index (χ3v) is 5.65. The van der Waals surface area contributed by atoms with Gasteiger partial charge < -0.3 is 5.73 Å². The molecule has 1 atom stereocenters. The molecule has 0 amide bonds. The van der Waals surface area contributed by atoms with Gasteiger partial charge in [0.1, 0.15) is 0 Å². The van der Waals surface area contributed by atoms with Crippen molar-refractivity contribution in [3.63, 3.8) is 0 Å². The maximum absolute atomic E-state index is 6.29. The maximum atomic E-state index is 6.29. The molecule has 0 aromatic rings. The first kappa shape index (κ1) is 25.4. The van der Waals surface area contributed by atoms with Crippen LogP contribution in [-0.4, -0.2) is 6.04 Å². The Balaban J connectivity index is 0. The molecule has 0 aliphatic rings. The fraction of sp³-hybridized carbons (Fsp3) is 0.905. The van der Waals surface area contributed by atoms with E-state index in [1.54, 1.807) is 0 Å². The van der Waals surface area contributed by atoms with E-state index < -0.39 is 0 Å². The summed E-state index contributed by atoms with van der Waals surface area (Å²) in [4.78, 5) is 0. The van der Waals surface area contributed by atoms with E-state index in [-0.39, 0.29) is 23.0 Å². The van der Waals surface area contributed by atoms with E-state index in [2.05, 4.69) is 27.4 Å². The van der Waals surface area contributed by atoms with Crippen LogP contribution in [0.4, 0.5) is 0 Å². The quantitative estimate of drug-likeness (QED) is 0.213. The van der Waals surface area contributed by atoms with Crippen LogP contribution in [0.1, 0.15) is 111 Å². The van der Waals surface area contributed by atoms with Gasteiger partial charge in [-0.15, -0.1) is 23.6 Å². The van der Waals surface area contributed by atoms with E-state index in [0.29, 0.717) is 5.41 Å². The molecule has 140 valence electrons. The highest BCUT2D eigenvalue weighted by Gasteiger charge is 2.30. The van der Waals surface area contributed by atoms with Crippen LogP contribution in [0.5, 0.6) is 0 Å². The van der Waals surface area contributed by atoms with Gasteiger partial charge in [-0.3, -0.25) is 0 Å². The molecule has 2 heteroatoms. The summed E-state index contributed by atoms with van der Waals surface area (Å²) in [7, 11) is 0. The van der Waals surface area contributed by atoms with Crippen LogP contribution in [0.2, 0.25) is 0 Å². The average Bonchev–Trinajstić information content (AvgIpc) is 2.56. The molecule has 1 unspecified atom stereocenters. The van der Waals surface area contributed by atoms with Crippen LogP contribution < -0.4 is 5.73 Å². The lowest BCUT2D eigenvalue weighted by Crippen LogP contribution is -2.39. The van der Waals surface area contributed by atoms with E-state index in [1.165, 1.54) is 89.9 Å². The molecule has 0 saturated heterocycles. The van der Waals surface area contributed by atoms with Crippen LogP contribution in [0, 0.1) is 5.41 Å². The maximum Gasteiger partial charge on any atom is 0.0278 e. The van der Waals surface area contributed by atoms with Crippen molar-refractivity contribution in [3.8, 4) is 0 Å². The highest BCUT2D eigenvalue weighted by molar-refractivity contribution is 8.93. The summed E-state index contributed by atoms with van der Waals surface area (Å²) in [6.07, 6.45) is 21.1. The summed E-state index contributed by atoms with van der Waals surface area (Å²) in [5.41, 5.74) is 6.58. The van der Waals surface area contributed by atoms with Crippen LogP contribution in [0.15, 0.2) is 12.7 Å². The number of unbranched alkanes of at least 4 members (excludes halogenated alkanes) is 10. The third kappa shape index (κ3) is 11.4. The van der Waals surface area contributed by atoms with Crippen molar-refractivity contribution in [2.45, 2.75) is 117 Å². The summed E-state index contributed by atoms with van der Waals surface area (Å²) >= 11 is 0. The van der Waals surface area contributed by atoms with Crippen molar-refractivity contribution in [1.82, 2.24) is 0 Å². The van der Waals surface area contributed by atoms with Gasteiger partial charge in [0, 0.05) is 6.04 Å². The molecule has 23 heavy (non-hydrogen) atoms. The zero-order valence-corrected chi connectivity index (χ0v) is 18.0. The number of rotatable bonds is 16. The van der Waals surface area contributed by atoms with Crippen molar-refractivity contribution in [1.29, 1.82) is 0 Å². The second-order valence-corrected chi connectivity index (χ2v) is 7.12. The molecule has 1 nitrogen and oxygen atoms in total. The molecular weight excluding hydrogens is 346 g/mol. The van der Waals surface area contributed by atoms with E-state index in [1.807, 2.05) is 6.08 Å². The van der Waals surface area contributed by atoms with Crippen LogP contribution in [0.25, 0.3) is 0 Å². The second-order valence-electron chi connectivity index (χ2n) is 7.12. The lowest BCUT2D eigenvalue weighted by Gasteiger charge is -2.36. The largest absolute Gasteiger partial charge is 0.324 e. The summed E-state index contributed by atoms with van der Waals surface area (Å²) in [5.74, 6) is 0. The van der Waals surface area contributed by atoms with Gasteiger partial charge in [0.2, 0.25) is 0 Å². The molecule has 0 rings (SSSR count). The minimum absolute atomic E-state index is 0. The molecule has 0 aromatic heterocycles. The lowest BCUT2D eigenvalue weighted by atomic mass is 9.72. The minimum atomic E-state index is 0. The standard InChI is InChI=1S/C21H43N.BrH/c1-5-9-10-11-12-13-14-15-16-17-18-19-21(7-3,8-4)20(22)6-2;/h6,20H,2,5,7-19,22H2,1,3-4H3;1H. The lowest BCUT2D eigenvalue weighted by molar-refractivity contribution is 0.203. The normalized spacial score (nSPS) is 12.7. The summed E-state index contributed by atoms with van der Waals surface area (Å²) in [6, 6.07) is 0.158. The van der Waals surface area contributed by atoms with Gasteiger partial charge in [-0.2, -0.15) is 0 Å².